The molecule has 9 heteroatoms. The molecule has 1 fully saturated rings. The van der Waals surface area contributed by atoms with Crippen LogP contribution in [0.15, 0.2) is 17.2 Å². The first-order valence-electron chi connectivity index (χ1n) is 7.96. The van der Waals surface area contributed by atoms with E-state index in [4.69, 9.17) is 21.1 Å². The van der Waals surface area contributed by atoms with Crippen LogP contribution in [0.5, 0.6) is 0 Å². The molecular weight excluding hydrogens is 380 g/mol. The maximum atomic E-state index is 12.3. The molecule has 1 aliphatic rings. The van der Waals surface area contributed by atoms with Crippen molar-refractivity contribution >= 4 is 41.2 Å². The fourth-order valence-corrected chi connectivity index (χ4v) is 3.71. The first-order chi connectivity index (χ1) is 12.3. The number of amides is 1. The average molecular weight is 399 g/mol. The summed E-state index contributed by atoms with van der Waals surface area (Å²) in [7, 11) is 0. The van der Waals surface area contributed by atoms with Gasteiger partial charge in [-0.15, -0.1) is 0 Å². The smallest absolute Gasteiger partial charge is 0.341 e. The number of rotatable bonds is 6. The molecule has 1 amide bonds. The molecular formula is C17H19ClN2O5S. The SMILES string of the molecule is CCOC(=O)/C=C1\SCC(=O)N1CCOC(=O)c1c(C)cc(C)nc1Cl. The summed E-state index contributed by atoms with van der Waals surface area (Å²) in [6.45, 7) is 5.59. The molecule has 140 valence electrons. The molecule has 2 rings (SSSR count). The van der Waals surface area contributed by atoms with Gasteiger partial charge in [-0.3, -0.25) is 4.79 Å². The van der Waals surface area contributed by atoms with E-state index in [2.05, 4.69) is 4.98 Å². The quantitative estimate of drug-likeness (QED) is 0.413. The molecule has 26 heavy (non-hydrogen) atoms. The van der Waals surface area contributed by atoms with Crippen molar-refractivity contribution in [1.82, 2.24) is 9.88 Å². The molecule has 1 aromatic rings. The fourth-order valence-electron chi connectivity index (χ4n) is 2.39. The van der Waals surface area contributed by atoms with E-state index in [1.165, 1.54) is 22.7 Å². The van der Waals surface area contributed by atoms with Crippen molar-refractivity contribution in [2.75, 3.05) is 25.5 Å². The van der Waals surface area contributed by atoms with Crippen molar-refractivity contribution in [3.05, 3.63) is 39.1 Å². The lowest BCUT2D eigenvalue weighted by Gasteiger charge is -2.17. The van der Waals surface area contributed by atoms with E-state index in [-0.39, 0.29) is 42.1 Å². The van der Waals surface area contributed by atoms with Gasteiger partial charge in [-0.1, -0.05) is 23.4 Å². The summed E-state index contributed by atoms with van der Waals surface area (Å²) in [5.74, 6) is -1.05. The van der Waals surface area contributed by atoms with Gasteiger partial charge in [0.2, 0.25) is 5.91 Å². The fraction of sp³-hybridized carbons (Fsp3) is 0.412. The Morgan fingerprint density at radius 2 is 2.12 bits per heavy atom. The zero-order chi connectivity index (χ0) is 19.3. The van der Waals surface area contributed by atoms with Crippen LogP contribution in [0.3, 0.4) is 0 Å². The molecule has 0 aliphatic carbocycles. The van der Waals surface area contributed by atoms with Crippen LogP contribution in [-0.2, 0) is 19.1 Å². The van der Waals surface area contributed by atoms with Gasteiger partial charge >= 0.3 is 11.9 Å². The molecule has 0 aromatic carbocycles. The summed E-state index contributed by atoms with van der Waals surface area (Å²) >= 11 is 7.27. The molecule has 1 saturated heterocycles. The van der Waals surface area contributed by atoms with Crippen molar-refractivity contribution in [2.24, 2.45) is 0 Å². The largest absolute Gasteiger partial charge is 0.463 e. The minimum Gasteiger partial charge on any atom is -0.463 e. The Hall–Kier alpha value is -2.06. The number of pyridine rings is 1. The summed E-state index contributed by atoms with van der Waals surface area (Å²) in [4.78, 5) is 41.2. The van der Waals surface area contributed by atoms with Crippen LogP contribution in [0.2, 0.25) is 5.15 Å². The Kier molecular flexibility index (Phi) is 7.05. The molecule has 0 atom stereocenters. The second-order valence-corrected chi connectivity index (χ2v) is 6.80. The van der Waals surface area contributed by atoms with Crippen molar-refractivity contribution in [1.29, 1.82) is 0 Å². The Balaban J connectivity index is 1.99. The number of aromatic nitrogens is 1. The first-order valence-corrected chi connectivity index (χ1v) is 9.32. The second kappa shape index (κ2) is 9.05. The Bertz CT molecular complexity index is 743. The van der Waals surface area contributed by atoms with Crippen molar-refractivity contribution in [3.8, 4) is 0 Å². The van der Waals surface area contributed by atoms with E-state index in [0.29, 0.717) is 16.3 Å². The molecule has 0 unspecified atom stereocenters. The van der Waals surface area contributed by atoms with Crippen LogP contribution in [0.25, 0.3) is 0 Å². The maximum Gasteiger partial charge on any atom is 0.341 e. The molecule has 1 aromatic heterocycles. The van der Waals surface area contributed by atoms with E-state index in [0.717, 1.165) is 0 Å². The molecule has 1 aliphatic heterocycles. The molecule has 7 nitrogen and oxygen atoms in total. The van der Waals surface area contributed by atoms with Gasteiger partial charge in [-0.05, 0) is 32.4 Å². The maximum absolute atomic E-state index is 12.3. The highest BCUT2D eigenvalue weighted by atomic mass is 35.5. The predicted molar refractivity (Wildman–Crippen MR) is 97.9 cm³/mol. The molecule has 0 bridgehead atoms. The minimum atomic E-state index is -0.602. The zero-order valence-corrected chi connectivity index (χ0v) is 16.3. The van der Waals surface area contributed by atoms with Crippen molar-refractivity contribution < 1.29 is 23.9 Å². The van der Waals surface area contributed by atoms with Crippen LogP contribution >= 0.6 is 23.4 Å². The Morgan fingerprint density at radius 1 is 1.38 bits per heavy atom. The summed E-state index contributed by atoms with van der Waals surface area (Å²) < 4.78 is 10.1. The van der Waals surface area contributed by atoms with Gasteiger partial charge in [-0.25, -0.2) is 14.6 Å². The van der Waals surface area contributed by atoms with E-state index in [1.54, 1.807) is 26.8 Å². The number of halogens is 1. The van der Waals surface area contributed by atoms with E-state index >= 15 is 0 Å². The lowest BCUT2D eigenvalue weighted by Crippen LogP contribution is -2.29. The highest BCUT2D eigenvalue weighted by Gasteiger charge is 2.28. The number of ether oxygens (including phenoxy) is 2. The monoisotopic (exact) mass is 398 g/mol. The van der Waals surface area contributed by atoms with Gasteiger partial charge in [0.05, 0.1) is 35.6 Å². The number of thioether (sulfide) groups is 1. The van der Waals surface area contributed by atoms with Crippen LogP contribution in [0.4, 0.5) is 0 Å². The number of carbonyl (C=O) groups is 3. The topological polar surface area (TPSA) is 85.8 Å². The normalized spacial score (nSPS) is 15.5. The number of esters is 2. The third-order valence-electron chi connectivity index (χ3n) is 3.49. The number of hydrogen-bond donors (Lipinski definition) is 0. The Labute approximate surface area is 160 Å². The van der Waals surface area contributed by atoms with Gasteiger partial charge in [-0.2, -0.15) is 0 Å². The average Bonchev–Trinajstić information content (AvgIpc) is 2.87. The lowest BCUT2D eigenvalue weighted by atomic mass is 10.1. The van der Waals surface area contributed by atoms with Crippen LogP contribution < -0.4 is 0 Å². The van der Waals surface area contributed by atoms with Crippen LogP contribution in [0.1, 0.15) is 28.5 Å². The Morgan fingerprint density at radius 3 is 2.77 bits per heavy atom. The highest BCUT2D eigenvalue weighted by molar-refractivity contribution is 8.04. The first kappa shape index (κ1) is 20.3. The summed E-state index contributed by atoms with van der Waals surface area (Å²) in [5, 5.41) is 0.568. The summed E-state index contributed by atoms with van der Waals surface area (Å²) in [6, 6.07) is 1.74. The van der Waals surface area contributed by atoms with E-state index < -0.39 is 11.9 Å². The second-order valence-electron chi connectivity index (χ2n) is 5.45. The molecule has 0 saturated carbocycles. The van der Waals surface area contributed by atoms with Crippen LogP contribution in [-0.4, -0.2) is 53.2 Å². The van der Waals surface area contributed by atoms with Gasteiger partial charge in [0.15, 0.2) is 0 Å². The number of hydrogen-bond acceptors (Lipinski definition) is 7. The predicted octanol–water partition coefficient (Wildman–Crippen LogP) is 2.49. The van der Waals surface area contributed by atoms with Crippen molar-refractivity contribution in [2.45, 2.75) is 20.8 Å². The lowest BCUT2D eigenvalue weighted by molar-refractivity contribution is -0.137. The third kappa shape index (κ3) is 4.98. The standard InChI is InChI=1S/C17H19ClN2O5S/c1-4-24-14(22)8-13-20(12(21)9-26-13)5-6-25-17(23)15-10(2)7-11(3)19-16(15)18/h7-8H,4-6,9H2,1-3H3/b13-8-. The third-order valence-corrected chi connectivity index (χ3v) is 4.79. The van der Waals surface area contributed by atoms with Gasteiger partial charge in [0, 0.05) is 5.69 Å². The van der Waals surface area contributed by atoms with E-state index in [1.807, 2.05) is 0 Å². The molecule has 2 heterocycles. The molecule has 0 N–H and O–H groups in total. The van der Waals surface area contributed by atoms with Crippen molar-refractivity contribution in [3.63, 3.8) is 0 Å². The van der Waals surface area contributed by atoms with E-state index in [9.17, 15) is 14.4 Å². The number of aryl methyl sites for hydroxylation is 2. The van der Waals surface area contributed by atoms with Gasteiger partial charge in [0.25, 0.3) is 0 Å². The van der Waals surface area contributed by atoms with Gasteiger partial charge in [0.1, 0.15) is 11.8 Å². The number of carbonyl (C=O) groups excluding carboxylic acids is 3. The zero-order valence-electron chi connectivity index (χ0n) is 14.7. The molecule has 0 spiro atoms. The minimum absolute atomic E-state index is 0.0328. The summed E-state index contributed by atoms with van der Waals surface area (Å²) in [6.07, 6.45) is 1.27. The van der Waals surface area contributed by atoms with Crippen LogP contribution in [0, 0.1) is 13.8 Å². The highest BCUT2D eigenvalue weighted by Crippen LogP contribution is 2.28. The molecule has 0 radical (unpaired) electrons. The summed E-state index contributed by atoms with van der Waals surface area (Å²) in [5.41, 5.74) is 1.59. The number of nitrogens with zero attached hydrogens (tertiary/aromatic N) is 2. The van der Waals surface area contributed by atoms with Gasteiger partial charge < -0.3 is 14.4 Å².